The van der Waals surface area contributed by atoms with Crippen LogP contribution in [0, 0.1) is 17.3 Å². The summed E-state index contributed by atoms with van der Waals surface area (Å²) in [7, 11) is 0. The molecule has 1 saturated carbocycles. The number of hydrogen-bond donors (Lipinski definition) is 2. The number of rotatable bonds is 11. The lowest BCUT2D eigenvalue weighted by Gasteiger charge is -2.42. The number of benzene rings is 2. The van der Waals surface area contributed by atoms with Crippen molar-refractivity contribution in [3.63, 3.8) is 0 Å². The average Bonchev–Trinajstić information content (AvgIpc) is 2.92. The molecule has 0 radical (unpaired) electrons. The Morgan fingerprint density at radius 1 is 0.974 bits per heavy atom. The summed E-state index contributed by atoms with van der Waals surface area (Å²) in [5.41, 5.74) is 0.984. The van der Waals surface area contributed by atoms with Gasteiger partial charge >= 0.3 is 5.97 Å². The van der Waals surface area contributed by atoms with E-state index in [2.05, 4.69) is 10.2 Å². The van der Waals surface area contributed by atoms with E-state index >= 15 is 0 Å². The van der Waals surface area contributed by atoms with Crippen LogP contribution in [0.3, 0.4) is 0 Å². The summed E-state index contributed by atoms with van der Waals surface area (Å²) in [6.07, 6.45) is 6.32. The molecule has 1 aliphatic heterocycles. The van der Waals surface area contributed by atoms with Crippen molar-refractivity contribution in [1.29, 1.82) is 0 Å². The van der Waals surface area contributed by atoms with E-state index in [4.69, 9.17) is 4.74 Å². The zero-order valence-electron chi connectivity index (χ0n) is 23.0. The monoisotopic (exact) mass is 520 g/mol. The quantitative estimate of drug-likeness (QED) is 0.418. The summed E-state index contributed by atoms with van der Waals surface area (Å²) in [6, 6.07) is 19.0. The van der Waals surface area contributed by atoms with Crippen LogP contribution in [0.1, 0.15) is 63.5 Å². The Hall–Kier alpha value is -2.70. The second kappa shape index (κ2) is 13.4. The molecule has 0 bridgehead atoms. The highest BCUT2D eigenvalue weighted by Gasteiger charge is 2.35. The molecule has 2 aromatic carbocycles. The minimum Gasteiger partial charge on any atom is -0.460 e. The zero-order chi connectivity index (χ0) is 27.0. The third-order valence-electron chi connectivity index (χ3n) is 8.30. The molecule has 0 aromatic heterocycles. The van der Waals surface area contributed by atoms with Gasteiger partial charge in [0.05, 0.1) is 17.6 Å². The molecule has 4 rings (SSSR count). The highest BCUT2D eigenvalue weighted by molar-refractivity contribution is 5.85. The number of aliphatic hydroxyl groups excluding tert-OH is 1. The van der Waals surface area contributed by atoms with Gasteiger partial charge in [-0.1, -0.05) is 79.9 Å². The predicted molar refractivity (Wildman–Crippen MR) is 149 cm³/mol. The number of fused-ring (bicyclic) bond motifs is 1. The first kappa shape index (κ1) is 28.3. The maximum atomic E-state index is 13.2. The lowest BCUT2D eigenvalue weighted by molar-refractivity contribution is -0.157. The highest BCUT2D eigenvalue weighted by atomic mass is 16.5. The summed E-state index contributed by atoms with van der Waals surface area (Å²) in [5, 5.41) is 14.4. The van der Waals surface area contributed by atoms with E-state index in [1.807, 2.05) is 60.7 Å². The van der Waals surface area contributed by atoms with E-state index < -0.39 is 23.5 Å². The first-order valence-electron chi connectivity index (χ1n) is 14.2. The Morgan fingerprint density at radius 3 is 2.29 bits per heavy atom. The van der Waals surface area contributed by atoms with Gasteiger partial charge in [0, 0.05) is 19.5 Å². The SMILES string of the molecule is CC(C)(CC(=O)N[C@@H](Cc1ccccc1)[C@H](O)CN1CC[C@@H]2CCCC[C@@H]2C1)C(=O)OCc1ccccc1. The number of hydrogen-bond acceptors (Lipinski definition) is 5. The largest absolute Gasteiger partial charge is 0.460 e. The number of piperidine rings is 1. The van der Waals surface area contributed by atoms with Gasteiger partial charge in [-0.3, -0.25) is 9.59 Å². The maximum absolute atomic E-state index is 13.2. The van der Waals surface area contributed by atoms with Gasteiger partial charge in [0.25, 0.3) is 0 Å². The van der Waals surface area contributed by atoms with Crippen molar-refractivity contribution < 1.29 is 19.4 Å². The number of aliphatic hydroxyl groups is 1. The molecule has 6 heteroatoms. The molecule has 6 nitrogen and oxygen atoms in total. The molecule has 1 saturated heterocycles. The van der Waals surface area contributed by atoms with E-state index in [0.29, 0.717) is 13.0 Å². The van der Waals surface area contributed by atoms with Crippen molar-refractivity contribution in [2.24, 2.45) is 17.3 Å². The second-order valence-electron chi connectivity index (χ2n) is 11.9. The van der Waals surface area contributed by atoms with Crippen LogP contribution in [0.4, 0.5) is 0 Å². The van der Waals surface area contributed by atoms with E-state index in [1.54, 1.807) is 13.8 Å². The molecule has 2 fully saturated rings. The fraction of sp³-hybridized carbons (Fsp3) is 0.562. The smallest absolute Gasteiger partial charge is 0.312 e. The molecule has 38 heavy (non-hydrogen) atoms. The summed E-state index contributed by atoms with van der Waals surface area (Å²) in [5.74, 6) is 0.903. The van der Waals surface area contributed by atoms with Crippen molar-refractivity contribution in [1.82, 2.24) is 10.2 Å². The van der Waals surface area contributed by atoms with Gasteiger partial charge < -0.3 is 20.1 Å². The van der Waals surface area contributed by atoms with Crippen LogP contribution >= 0.6 is 0 Å². The van der Waals surface area contributed by atoms with Gasteiger partial charge in [-0.2, -0.15) is 0 Å². The molecule has 0 spiro atoms. The molecule has 2 N–H and O–H groups in total. The second-order valence-corrected chi connectivity index (χ2v) is 11.9. The van der Waals surface area contributed by atoms with E-state index in [9.17, 15) is 14.7 Å². The number of β-amino-alcohol motifs (C(OH)–C–C–N with tert-alkyl or cyclic N) is 1. The fourth-order valence-corrected chi connectivity index (χ4v) is 6.03. The molecule has 206 valence electrons. The van der Waals surface area contributed by atoms with E-state index in [0.717, 1.165) is 36.1 Å². The summed E-state index contributed by atoms with van der Waals surface area (Å²) >= 11 is 0. The molecule has 0 unspecified atom stereocenters. The van der Waals surface area contributed by atoms with Crippen LogP contribution in [-0.2, 0) is 27.4 Å². The zero-order valence-corrected chi connectivity index (χ0v) is 23.0. The van der Waals surface area contributed by atoms with Crippen molar-refractivity contribution >= 4 is 11.9 Å². The van der Waals surface area contributed by atoms with Crippen LogP contribution in [0.2, 0.25) is 0 Å². The minimum atomic E-state index is -0.982. The van der Waals surface area contributed by atoms with Crippen LogP contribution in [0.25, 0.3) is 0 Å². The predicted octanol–water partition coefficient (Wildman–Crippen LogP) is 4.75. The molecule has 1 aliphatic carbocycles. The van der Waals surface area contributed by atoms with Gasteiger partial charge in [-0.25, -0.2) is 0 Å². The number of carbonyl (C=O) groups excluding carboxylic acids is 2. The summed E-state index contributed by atoms with van der Waals surface area (Å²) < 4.78 is 5.51. The Kier molecular flexibility index (Phi) is 9.97. The number of amides is 1. The van der Waals surface area contributed by atoms with E-state index in [1.165, 1.54) is 32.1 Å². The molecule has 1 amide bonds. The lowest BCUT2D eigenvalue weighted by Crippen LogP contribution is -2.52. The van der Waals surface area contributed by atoms with Gasteiger partial charge in [-0.15, -0.1) is 0 Å². The topological polar surface area (TPSA) is 78.9 Å². The third-order valence-corrected chi connectivity index (χ3v) is 8.30. The molecule has 2 aromatic rings. The number of nitrogens with one attached hydrogen (secondary N) is 1. The number of nitrogens with zero attached hydrogens (tertiary/aromatic N) is 1. The Morgan fingerprint density at radius 2 is 1.61 bits per heavy atom. The average molecular weight is 521 g/mol. The number of carbonyl (C=O) groups is 2. The normalized spacial score (nSPS) is 21.7. The Bertz CT molecular complexity index is 1030. The van der Waals surface area contributed by atoms with E-state index in [-0.39, 0.29) is 18.9 Å². The van der Waals surface area contributed by atoms with Crippen LogP contribution in [-0.4, -0.2) is 53.7 Å². The molecule has 2 aliphatic rings. The molecule has 4 atom stereocenters. The van der Waals surface area contributed by atoms with Gasteiger partial charge in [0.2, 0.25) is 5.91 Å². The fourth-order valence-electron chi connectivity index (χ4n) is 6.03. The van der Waals surface area contributed by atoms with Crippen LogP contribution < -0.4 is 5.32 Å². The van der Waals surface area contributed by atoms with Gasteiger partial charge in [0.1, 0.15) is 6.61 Å². The Labute approximate surface area is 227 Å². The molecule has 1 heterocycles. The molecular weight excluding hydrogens is 476 g/mol. The summed E-state index contributed by atoms with van der Waals surface area (Å²) in [6.45, 7) is 6.23. The van der Waals surface area contributed by atoms with Crippen molar-refractivity contribution in [3.8, 4) is 0 Å². The van der Waals surface area contributed by atoms with Crippen molar-refractivity contribution in [2.75, 3.05) is 19.6 Å². The van der Waals surface area contributed by atoms with Gasteiger partial charge in [-0.05, 0) is 62.6 Å². The van der Waals surface area contributed by atoms with Gasteiger partial charge in [0.15, 0.2) is 0 Å². The first-order chi connectivity index (χ1) is 18.3. The summed E-state index contributed by atoms with van der Waals surface area (Å²) in [4.78, 5) is 28.4. The maximum Gasteiger partial charge on any atom is 0.312 e. The number of esters is 1. The number of ether oxygens (including phenoxy) is 1. The Balaban J connectivity index is 1.35. The highest BCUT2D eigenvalue weighted by Crippen LogP contribution is 2.36. The molecular formula is C32H44N2O4. The van der Waals surface area contributed by atoms with Crippen LogP contribution in [0.15, 0.2) is 60.7 Å². The first-order valence-corrected chi connectivity index (χ1v) is 14.2. The van der Waals surface area contributed by atoms with Crippen LogP contribution in [0.5, 0.6) is 0 Å². The lowest BCUT2D eigenvalue weighted by atomic mass is 9.75. The van der Waals surface area contributed by atoms with Crippen molar-refractivity contribution in [3.05, 3.63) is 71.8 Å². The van der Waals surface area contributed by atoms with Crippen molar-refractivity contribution in [2.45, 2.75) is 77.5 Å². The third kappa shape index (κ3) is 8.15. The minimum absolute atomic E-state index is 0.00784. The standard InChI is InChI=1S/C32H44N2O4/c1-32(2,31(37)38-23-25-13-7-4-8-14-25)20-30(36)33-28(19-24-11-5-3-6-12-24)29(35)22-34-18-17-26-15-9-10-16-27(26)21-34/h3-8,11-14,26-29,35H,9-10,15-23H2,1-2H3,(H,33,36)/t26-,27+,28-,29+/m0/s1. The number of likely N-dealkylation sites (tertiary alicyclic amines) is 1.